The van der Waals surface area contributed by atoms with Gasteiger partial charge in [-0.25, -0.2) is 4.57 Å². The smallest absolute Gasteiger partial charge is 0.394 e. The lowest BCUT2D eigenvalue weighted by Crippen LogP contribution is -2.58. The molecule has 3 unspecified atom stereocenters. The van der Waals surface area contributed by atoms with Gasteiger partial charge in [0.05, 0.1) is 6.61 Å². The van der Waals surface area contributed by atoms with Crippen LogP contribution in [0.3, 0.4) is 0 Å². The van der Waals surface area contributed by atoms with Crippen LogP contribution >= 0.6 is 7.82 Å². The van der Waals surface area contributed by atoms with Gasteiger partial charge in [-0.2, -0.15) is 0 Å². The Hall–Kier alpha value is -0.0900. The molecule has 0 aromatic carbocycles. The molecule has 1 rings (SSSR count). The van der Waals surface area contributed by atoms with Crippen molar-refractivity contribution in [3.05, 3.63) is 0 Å². The Balaban J connectivity index is 2.75. The van der Waals surface area contributed by atoms with E-state index < -0.39 is 45.1 Å². The van der Waals surface area contributed by atoms with E-state index in [1.807, 2.05) is 0 Å². The predicted molar refractivity (Wildman–Crippen MR) is 46.9 cm³/mol. The molecule has 10 heteroatoms. The molecule has 0 bridgehead atoms. The maximum Gasteiger partial charge on any atom is 0.472 e. The highest BCUT2D eigenvalue weighted by molar-refractivity contribution is 7.46. The highest BCUT2D eigenvalue weighted by atomic mass is 31.2. The zero-order chi connectivity index (χ0) is 12.5. The van der Waals surface area contributed by atoms with E-state index in [-0.39, 0.29) is 0 Å². The summed E-state index contributed by atoms with van der Waals surface area (Å²) in [7, 11) is -4.91. The molecule has 0 aromatic heterocycles. The monoisotopic (exact) mass is 260 g/mol. The SMILES string of the molecule is O=P(O)(O)O[C@H]1OC(CO)[C@@H](O)C(O)C1O. The Morgan fingerprint density at radius 2 is 1.69 bits per heavy atom. The number of phosphoric acid groups is 1. The maximum absolute atomic E-state index is 10.5. The second-order valence-electron chi connectivity index (χ2n) is 3.29. The van der Waals surface area contributed by atoms with Crippen LogP contribution < -0.4 is 0 Å². The molecule has 9 nitrogen and oxygen atoms in total. The maximum atomic E-state index is 10.5. The van der Waals surface area contributed by atoms with E-state index in [0.717, 1.165) is 0 Å². The van der Waals surface area contributed by atoms with Gasteiger partial charge in [-0.05, 0) is 0 Å². The average molecular weight is 260 g/mol. The molecule has 96 valence electrons. The van der Waals surface area contributed by atoms with Gasteiger partial charge < -0.3 is 34.9 Å². The third-order valence-electron chi connectivity index (χ3n) is 2.09. The largest absolute Gasteiger partial charge is 0.472 e. The molecule has 0 spiro atoms. The van der Waals surface area contributed by atoms with Crippen molar-refractivity contribution in [2.45, 2.75) is 30.7 Å². The van der Waals surface area contributed by atoms with Crippen LogP contribution in [-0.4, -0.2) is 67.5 Å². The molecular formula is C6H13O9P. The van der Waals surface area contributed by atoms with Gasteiger partial charge in [0.2, 0.25) is 0 Å². The molecule has 0 radical (unpaired) electrons. The first kappa shape index (κ1) is 14.0. The zero-order valence-electron chi connectivity index (χ0n) is 7.95. The van der Waals surface area contributed by atoms with E-state index in [0.29, 0.717) is 0 Å². The van der Waals surface area contributed by atoms with Crippen LogP contribution in [0, 0.1) is 0 Å². The van der Waals surface area contributed by atoms with Crippen LogP contribution in [0.2, 0.25) is 0 Å². The van der Waals surface area contributed by atoms with Gasteiger partial charge in [-0.15, -0.1) is 0 Å². The van der Waals surface area contributed by atoms with Gasteiger partial charge >= 0.3 is 7.82 Å². The normalized spacial score (nSPS) is 41.0. The van der Waals surface area contributed by atoms with Crippen LogP contribution in [0.5, 0.6) is 0 Å². The van der Waals surface area contributed by atoms with E-state index in [2.05, 4.69) is 9.26 Å². The third-order valence-corrected chi connectivity index (χ3v) is 2.57. The molecule has 0 amide bonds. The Morgan fingerprint density at radius 1 is 1.12 bits per heavy atom. The molecule has 0 aliphatic carbocycles. The fraction of sp³-hybridized carbons (Fsp3) is 1.00. The second-order valence-corrected chi connectivity index (χ2v) is 4.49. The third kappa shape index (κ3) is 3.20. The van der Waals surface area contributed by atoms with E-state index in [1.54, 1.807) is 0 Å². The summed E-state index contributed by atoms with van der Waals surface area (Å²) < 4.78 is 19.2. The molecular weight excluding hydrogens is 247 g/mol. The van der Waals surface area contributed by atoms with E-state index in [1.165, 1.54) is 0 Å². The lowest BCUT2D eigenvalue weighted by Gasteiger charge is -2.39. The summed E-state index contributed by atoms with van der Waals surface area (Å²) in [5.74, 6) is 0. The molecule has 16 heavy (non-hydrogen) atoms. The van der Waals surface area contributed by atoms with Gasteiger partial charge in [0.1, 0.15) is 24.4 Å². The van der Waals surface area contributed by atoms with E-state index >= 15 is 0 Å². The number of hydrogen-bond donors (Lipinski definition) is 6. The summed E-state index contributed by atoms with van der Waals surface area (Å²) in [5.41, 5.74) is 0. The number of phosphoric ester groups is 1. The first-order valence-electron chi connectivity index (χ1n) is 4.30. The molecule has 5 atom stereocenters. The minimum absolute atomic E-state index is 0.702. The Morgan fingerprint density at radius 3 is 2.12 bits per heavy atom. The minimum atomic E-state index is -4.91. The Kier molecular flexibility index (Phi) is 4.41. The summed E-state index contributed by atoms with van der Waals surface area (Å²) in [6.45, 7) is -0.702. The predicted octanol–water partition coefficient (Wildman–Crippen LogP) is -3.10. The van der Waals surface area contributed by atoms with Crippen molar-refractivity contribution in [2.75, 3.05) is 6.61 Å². The molecule has 1 fully saturated rings. The van der Waals surface area contributed by atoms with Crippen molar-refractivity contribution in [2.24, 2.45) is 0 Å². The standard InChI is InChI=1S/C6H13O9P/c7-1-2-3(8)4(9)5(10)6(14-2)15-16(11,12)13/h2-10H,1H2,(H2,11,12,13)/t2?,3-,4?,5?,6-/m1/s1. The number of hydrogen-bond acceptors (Lipinski definition) is 7. The second kappa shape index (κ2) is 5.05. The molecule has 1 saturated heterocycles. The van der Waals surface area contributed by atoms with Crippen molar-refractivity contribution in [1.82, 2.24) is 0 Å². The van der Waals surface area contributed by atoms with Crippen molar-refractivity contribution >= 4 is 7.82 Å². The lowest BCUT2D eigenvalue weighted by molar-refractivity contribution is -0.280. The number of rotatable bonds is 3. The van der Waals surface area contributed by atoms with Gasteiger partial charge in [-0.3, -0.25) is 4.52 Å². The molecule has 0 saturated carbocycles. The molecule has 1 aliphatic rings. The van der Waals surface area contributed by atoms with Gasteiger partial charge in [-0.1, -0.05) is 0 Å². The van der Waals surface area contributed by atoms with Gasteiger partial charge in [0.25, 0.3) is 0 Å². The highest BCUT2D eigenvalue weighted by Gasteiger charge is 2.46. The number of aliphatic hydroxyl groups excluding tert-OH is 4. The number of ether oxygens (including phenoxy) is 1. The van der Waals surface area contributed by atoms with Crippen molar-refractivity contribution in [1.29, 1.82) is 0 Å². The summed E-state index contributed by atoms with van der Waals surface area (Å²) in [4.78, 5) is 17.0. The zero-order valence-corrected chi connectivity index (χ0v) is 8.84. The Labute approximate surface area is 90.1 Å². The number of aliphatic hydroxyl groups is 4. The van der Waals surface area contributed by atoms with Crippen molar-refractivity contribution < 1.29 is 44.0 Å². The summed E-state index contributed by atoms with van der Waals surface area (Å²) in [6, 6.07) is 0. The summed E-state index contributed by atoms with van der Waals surface area (Å²) in [5, 5.41) is 36.6. The first-order chi connectivity index (χ1) is 7.26. The van der Waals surface area contributed by atoms with Crippen LogP contribution in [0.15, 0.2) is 0 Å². The fourth-order valence-corrected chi connectivity index (χ4v) is 1.73. The minimum Gasteiger partial charge on any atom is -0.394 e. The van der Waals surface area contributed by atoms with Crippen LogP contribution in [0.25, 0.3) is 0 Å². The van der Waals surface area contributed by atoms with E-state index in [4.69, 9.17) is 14.9 Å². The molecule has 6 N–H and O–H groups in total. The molecule has 0 aromatic rings. The first-order valence-corrected chi connectivity index (χ1v) is 5.83. The van der Waals surface area contributed by atoms with Crippen LogP contribution in [-0.2, 0) is 13.8 Å². The Bertz CT molecular complexity index is 275. The lowest BCUT2D eigenvalue weighted by atomic mass is 10.00. The summed E-state index contributed by atoms with van der Waals surface area (Å²) in [6.07, 6.45) is -8.25. The topological polar surface area (TPSA) is 157 Å². The van der Waals surface area contributed by atoms with Gasteiger partial charge in [0, 0.05) is 0 Å². The molecule has 1 heterocycles. The van der Waals surface area contributed by atoms with Gasteiger partial charge in [0.15, 0.2) is 6.29 Å². The fourth-order valence-electron chi connectivity index (χ4n) is 1.29. The van der Waals surface area contributed by atoms with Crippen molar-refractivity contribution in [3.8, 4) is 0 Å². The summed E-state index contributed by atoms with van der Waals surface area (Å²) >= 11 is 0. The van der Waals surface area contributed by atoms with Crippen LogP contribution in [0.1, 0.15) is 0 Å². The van der Waals surface area contributed by atoms with Crippen LogP contribution in [0.4, 0.5) is 0 Å². The average Bonchev–Trinajstić information content (AvgIpc) is 2.17. The molecule has 1 aliphatic heterocycles. The quantitative estimate of drug-likeness (QED) is 0.289. The highest BCUT2D eigenvalue weighted by Crippen LogP contribution is 2.40. The van der Waals surface area contributed by atoms with E-state index in [9.17, 15) is 19.9 Å². The van der Waals surface area contributed by atoms with Crippen molar-refractivity contribution in [3.63, 3.8) is 0 Å².